The van der Waals surface area contributed by atoms with E-state index in [1.54, 1.807) is 0 Å². The standard InChI is InChI=1S/C14H14O2/c1-2-16-14(15)13-9-7-11-5-3-4-6-12(11)8-10-13/h3-11H,2H2,1H3. The van der Waals surface area contributed by atoms with Gasteiger partial charge >= 0.3 is 5.97 Å². The fourth-order valence-corrected chi connectivity index (χ4v) is 1.71. The molecule has 0 N–H and O–H groups in total. The van der Waals surface area contributed by atoms with Gasteiger partial charge in [0.25, 0.3) is 0 Å². The molecular weight excluding hydrogens is 200 g/mol. The molecule has 0 aromatic carbocycles. The average molecular weight is 214 g/mol. The predicted octanol–water partition coefficient (Wildman–Crippen LogP) is 2.71. The van der Waals surface area contributed by atoms with Gasteiger partial charge in [0.2, 0.25) is 0 Å². The maximum Gasteiger partial charge on any atom is 0.338 e. The highest BCUT2D eigenvalue weighted by Crippen LogP contribution is 2.23. The number of fused-ring (bicyclic) bond motifs is 1. The minimum atomic E-state index is -0.262. The van der Waals surface area contributed by atoms with Crippen LogP contribution in [0.1, 0.15) is 6.92 Å². The van der Waals surface area contributed by atoms with Crippen molar-refractivity contribution in [3.05, 3.63) is 59.8 Å². The second kappa shape index (κ2) is 4.79. The SMILES string of the molecule is CCOC(=O)C1=CC=C2C=CC=CC2C=C1. The number of carbonyl (C=O) groups excluding carboxylic acids is 1. The Hall–Kier alpha value is -1.83. The number of hydrogen-bond donors (Lipinski definition) is 0. The molecule has 2 aliphatic rings. The van der Waals surface area contributed by atoms with Gasteiger partial charge in [0.05, 0.1) is 12.2 Å². The minimum absolute atomic E-state index is 0.262. The van der Waals surface area contributed by atoms with Crippen molar-refractivity contribution in [2.75, 3.05) is 6.61 Å². The highest BCUT2D eigenvalue weighted by Gasteiger charge is 2.13. The summed E-state index contributed by atoms with van der Waals surface area (Å²) < 4.78 is 4.97. The Bertz CT molecular complexity index is 434. The van der Waals surface area contributed by atoms with Crippen LogP contribution in [0.25, 0.3) is 0 Å². The fourth-order valence-electron chi connectivity index (χ4n) is 1.71. The summed E-state index contributed by atoms with van der Waals surface area (Å²) in [6.45, 7) is 2.21. The van der Waals surface area contributed by atoms with Crippen LogP contribution in [0.3, 0.4) is 0 Å². The number of esters is 1. The first-order valence-corrected chi connectivity index (χ1v) is 5.43. The second-order valence-electron chi connectivity index (χ2n) is 3.64. The van der Waals surface area contributed by atoms with Gasteiger partial charge < -0.3 is 4.74 Å². The minimum Gasteiger partial charge on any atom is -0.462 e. The first kappa shape index (κ1) is 10.7. The number of allylic oxidation sites excluding steroid dienone is 8. The molecule has 82 valence electrons. The van der Waals surface area contributed by atoms with E-state index in [1.807, 2.05) is 43.4 Å². The molecule has 1 atom stereocenters. The van der Waals surface area contributed by atoms with Crippen LogP contribution >= 0.6 is 0 Å². The van der Waals surface area contributed by atoms with Crippen LogP contribution in [0.5, 0.6) is 0 Å². The van der Waals surface area contributed by atoms with E-state index in [1.165, 1.54) is 5.57 Å². The van der Waals surface area contributed by atoms with Crippen molar-refractivity contribution in [2.24, 2.45) is 5.92 Å². The molecule has 0 heterocycles. The van der Waals surface area contributed by atoms with E-state index in [0.717, 1.165) is 0 Å². The Morgan fingerprint density at radius 1 is 1.25 bits per heavy atom. The van der Waals surface area contributed by atoms with Gasteiger partial charge in [-0.1, -0.05) is 42.5 Å². The third kappa shape index (κ3) is 2.22. The summed E-state index contributed by atoms with van der Waals surface area (Å²) >= 11 is 0. The molecule has 0 saturated heterocycles. The predicted molar refractivity (Wildman–Crippen MR) is 63.7 cm³/mol. The average Bonchev–Trinajstić information content (AvgIpc) is 2.51. The smallest absolute Gasteiger partial charge is 0.338 e. The Morgan fingerprint density at radius 3 is 2.94 bits per heavy atom. The second-order valence-corrected chi connectivity index (χ2v) is 3.64. The molecule has 0 spiro atoms. The molecule has 2 rings (SSSR count). The number of carbonyl (C=O) groups is 1. The topological polar surface area (TPSA) is 26.3 Å². The van der Waals surface area contributed by atoms with Crippen LogP contribution in [0, 0.1) is 5.92 Å². The van der Waals surface area contributed by atoms with E-state index < -0.39 is 0 Å². The lowest BCUT2D eigenvalue weighted by Gasteiger charge is -2.10. The van der Waals surface area contributed by atoms with E-state index in [2.05, 4.69) is 12.2 Å². The third-order valence-electron chi connectivity index (χ3n) is 2.55. The zero-order valence-electron chi connectivity index (χ0n) is 9.22. The molecule has 16 heavy (non-hydrogen) atoms. The molecule has 0 amide bonds. The van der Waals surface area contributed by atoms with Gasteiger partial charge in [0, 0.05) is 5.92 Å². The van der Waals surface area contributed by atoms with Crippen LogP contribution in [-0.2, 0) is 9.53 Å². The maximum absolute atomic E-state index is 11.5. The Balaban J connectivity index is 2.23. The van der Waals surface area contributed by atoms with Crippen LogP contribution in [0.2, 0.25) is 0 Å². The van der Waals surface area contributed by atoms with Crippen molar-refractivity contribution in [1.82, 2.24) is 0 Å². The van der Waals surface area contributed by atoms with Gasteiger partial charge in [-0.15, -0.1) is 0 Å². The van der Waals surface area contributed by atoms with Crippen LogP contribution in [0.4, 0.5) is 0 Å². The molecule has 0 aromatic heterocycles. The number of hydrogen-bond acceptors (Lipinski definition) is 2. The quantitative estimate of drug-likeness (QED) is 0.661. The lowest BCUT2D eigenvalue weighted by atomic mass is 9.95. The molecule has 1 unspecified atom stereocenters. The molecule has 0 aliphatic heterocycles. The van der Waals surface area contributed by atoms with Crippen molar-refractivity contribution >= 4 is 5.97 Å². The van der Waals surface area contributed by atoms with Gasteiger partial charge in [0.15, 0.2) is 0 Å². The fraction of sp³-hybridized carbons (Fsp3) is 0.214. The zero-order valence-corrected chi connectivity index (χ0v) is 9.22. The maximum atomic E-state index is 11.5. The zero-order chi connectivity index (χ0) is 11.4. The van der Waals surface area contributed by atoms with Crippen LogP contribution in [0.15, 0.2) is 59.8 Å². The summed E-state index contributed by atoms with van der Waals surface area (Å²) in [6.07, 6.45) is 15.8. The van der Waals surface area contributed by atoms with Gasteiger partial charge in [-0.3, -0.25) is 0 Å². The molecule has 0 saturated carbocycles. The third-order valence-corrected chi connectivity index (χ3v) is 2.55. The summed E-state index contributed by atoms with van der Waals surface area (Å²) in [5.74, 6) is 0.00961. The van der Waals surface area contributed by atoms with Gasteiger partial charge in [-0.05, 0) is 18.6 Å². The summed E-state index contributed by atoms with van der Waals surface area (Å²) in [5.41, 5.74) is 1.79. The molecule has 0 radical (unpaired) electrons. The van der Waals surface area contributed by atoms with E-state index in [9.17, 15) is 4.79 Å². The van der Waals surface area contributed by atoms with E-state index >= 15 is 0 Å². The molecule has 0 aromatic rings. The summed E-state index contributed by atoms with van der Waals surface area (Å²) in [5, 5.41) is 0. The lowest BCUT2D eigenvalue weighted by molar-refractivity contribution is -0.138. The van der Waals surface area contributed by atoms with Crippen molar-refractivity contribution in [1.29, 1.82) is 0 Å². The molecule has 2 nitrogen and oxygen atoms in total. The highest BCUT2D eigenvalue weighted by molar-refractivity contribution is 5.92. The normalized spacial score (nSPS) is 21.9. The van der Waals surface area contributed by atoms with Gasteiger partial charge in [0.1, 0.15) is 0 Å². The number of rotatable bonds is 2. The van der Waals surface area contributed by atoms with Crippen molar-refractivity contribution in [2.45, 2.75) is 6.92 Å². The number of ether oxygens (including phenoxy) is 1. The largest absolute Gasteiger partial charge is 0.462 e. The summed E-state index contributed by atoms with van der Waals surface area (Å²) in [4.78, 5) is 11.5. The molecular formula is C14H14O2. The highest BCUT2D eigenvalue weighted by atomic mass is 16.5. The van der Waals surface area contributed by atoms with E-state index in [4.69, 9.17) is 4.74 Å². The Labute approximate surface area is 95.3 Å². The molecule has 0 fully saturated rings. The van der Waals surface area contributed by atoms with Crippen molar-refractivity contribution in [3.63, 3.8) is 0 Å². The van der Waals surface area contributed by atoms with Gasteiger partial charge in [-0.25, -0.2) is 4.79 Å². The molecule has 2 heteroatoms. The van der Waals surface area contributed by atoms with Gasteiger partial charge in [-0.2, -0.15) is 0 Å². The summed E-state index contributed by atoms with van der Waals surface area (Å²) in [6, 6.07) is 0. The van der Waals surface area contributed by atoms with E-state index in [0.29, 0.717) is 12.2 Å². The van der Waals surface area contributed by atoms with Crippen LogP contribution < -0.4 is 0 Å². The Kier molecular flexibility index (Phi) is 3.20. The molecule has 0 bridgehead atoms. The first-order chi connectivity index (χ1) is 7.81. The lowest BCUT2D eigenvalue weighted by Crippen LogP contribution is -2.05. The van der Waals surface area contributed by atoms with Crippen molar-refractivity contribution in [3.8, 4) is 0 Å². The van der Waals surface area contributed by atoms with Crippen LogP contribution in [-0.4, -0.2) is 12.6 Å². The first-order valence-electron chi connectivity index (χ1n) is 5.43. The summed E-state index contributed by atoms with van der Waals surface area (Å²) in [7, 11) is 0. The van der Waals surface area contributed by atoms with E-state index in [-0.39, 0.29) is 11.9 Å². The molecule has 2 aliphatic carbocycles. The monoisotopic (exact) mass is 214 g/mol. The Morgan fingerprint density at radius 2 is 2.12 bits per heavy atom. The van der Waals surface area contributed by atoms with Crippen molar-refractivity contribution < 1.29 is 9.53 Å².